The molecule has 8 heteroatoms. The minimum atomic E-state index is -0.693. The fourth-order valence-corrected chi connectivity index (χ4v) is 2.67. The third kappa shape index (κ3) is 2.51. The SMILES string of the molecule is COC(=O)C1=C(C(=O)OC)n2ncnc2NC1c1cccc(C)c1. The van der Waals surface area contributed by atoms with Crippen molar-refractivity contribution in [2.45, 2.75) is 13.0 Å². The Kier molecular flexibility index (Phi) is 4.03. The molecule has 1 aromatic heterocycles. The molecule has 0 saturated heterocycles. The van der Waals surface area contributed by atoms with Gasteiger partial charge in [-0.25, -0.2) is 9.59 Å². The summed E-state index contributed by atoms with van der Waals surface area (Å²) in [4.78, 5) is 28.8. The van der Waals surface area contributed by atoms with Crippen molar-refractivity contribution in [3.05, 3.63) is 47.3 Å². The van der Waals surface area contributed by atoms with E-state index in [0.717, 1.165) is 11.1 Å². The number of nitrogens with one attached hydrogen (secondary N) is 1. The number of anilines is 1. The number of nitrogens with zero attached hydrogens (tertiary/aromatic N) is 3. The van der Waals surface area contributed by atoms with E-state index in [0.29, 0.717) is 5.95 Å². The van der Waals surface area contributed by atoms with Crippen molar-refractivity contribution in [2.75, 3.05) is 19.5 Å². The van der Waals surface area contributed by atoms with E-state index in [2.05, 4.69) is 15.4 Å². The lowest BCUT2D eigenvalue weighted by Crippen LogP contribution is -2.32. The van der Waals surface area contributed by atoms with Crippen molar-refractivity contribution in [2.24, 2.45) is 0 Å². The first-order chi connectivity index (χ1) is 11.6. The lowest BCUT2D eigenvalue weighted by Gasteiger charge is -2.28. The fourth-order valence-electron chi connectivity index (χ4n) is 2.67. The lowest BCUT2D eigenvalue weighted by atomic mass is 9.94. The molecule has 0 bridgehead atoms. The molecule has 0 saturated carbocycles. The number of benzene rings is 1. The molecular formula is C16H16N4O4. The number of hydrogen-bond donors (Lipinski definition) is 1. The first-order valence-electron chi connectivity index (χ1n) is 7.21. The second-order valence-corrected chi connectivity index (χ2v) is 5.23. The van der Waals surface area contributed by atoms with Gasteiger partial charge in [-0.1, -0.05) is 29.8 Å². The Bertz CT molecular complexity index is 840. The number of hydrogen-bond acceptors (Lipinski definition) is 7. The van der Waals surface area contributed by atoms with Gasteiger partial charge >= 0.3 is 11.9 Å². The number of carbonyl (C=O) groups is 2. The summed E-state index contributed by atoms with van der Waals surface area (Å²) in [5, 5.41) is 7.11. The van der Waals surface area contributed by atoms with Crippen molar-refractivity contribution < 1.29 is 19.1 Å². The Balaban J connectivity index is 2.26. The van der Waals surface area contributed by atoms with E-state index in [-0.39, 0.29) is 11.3 Å². The Labute approximate surface area is 138 Å². The summed E-state index contributed by atoms with van der Waals surface area (Å²) >= 11 is 0. The number of aromatic nitrogens is 3. The zero-order chi connectivity index (χ0) is 17.3. The van der Waals surface area contributed by atoms with Crippen LogP contribution in [0, 0.1) is 6.92 Å². The average Bonchev–Trinajstić information content (AvgIpc) is 3.06. The molecule has 2 aromatic rings. The third-order valence-corrected chi connectivity index (χ3v) is 3.74. The van der Waals surface area contributed by atoms with Crippen LogP contribution in [0.15, 0.2) is 36.2 Å². The minimum absolute atomic E-state index is 0.0119. The van der Waals surface area contributed by atoms with Crippen LogP contribution in [0.2, 0.25) is 0 Å². The molecule has 1 aliphatic rings. The van der Waals surface area contributed by atoms with Crippen LogP contribution in [-0.4, -0.2) is 40.9 Å². The second kappa shape index (κ2) is 6.15. The number of aryl methyl sites for hydroxylation is 1. The van der Waals surface area contributed by atoms with Crippen LogP contribution in [0.4, 0.5) is 5.95 Å². The van der Waals surface area contributed by atoms with Gasteiger partial charge in [0, 0.05) is 0 Å². The molecule has 0 fully saturated rings. The van der Waals surface area contributed by atoms with Gasteiger partial charge < -0.3 is 14.8 Å². The smallest absolute Gasteiger partial charge is 0.357 e. The maximum atomic E-state index is 12.4. The molecule has 0 spiro atoms. The summed E-state index contributed by atoms with van der Waals surface area (Å²) in [6.07, 6.45) is 1.29. The van der Waals surface area contributed by atoms with Crippen LogP contribution in [0.3, 0.4) is 0 Å². The van der Waals surface area contributed by atoms with Gasteiger partial charge in [0.2, 0.25) is 5.95 Å². The molecule has 124 valence electrons. The van der Waals surface area contributed by atoms with Crippen LogP contribution in [0.1, 0.15) is 17.2 Å². The molecule has 8 nitrogen and oxygen atoms in total. The van der Waals surface area contributed by atoms with Crippen LogP contribution < -0.4 is 5.32 Å². The molecular weight excluding hydrogens is 312 g/mol. The molecule has 1 aromatic carbocycles. The van der Waals surface area contributed by atoms with Crippen molar-refractivity contribution in [1.82, 2.24) is 14.8 Å². The standard InChI is InChI=1S/C16H16N4O4/c1-9-5-4-6-10(7-9)12-11(14(21)23-2)13(15(22)24-3)20-16(19-12)17-8-18-20/h4-8,12H,1-3H3,(H,17,18,19). The van der Waals surface area contributed by atoms with Gasteiger partial charge in [0.15, 0.2) is 5.70 Å². The van der Waals surface area contributed by atoms with Gasteiger partial charge in [0.1, 0.15) is 6.33 Å². The van der Waals surface area contributed by atoms with E-state index >= 15 is 0 Å². The molecule has 24 heavy (non-hydrogen) atoms. The summed E-state index contributed by atoms with van der Waals surface area (Å²) in [6, 6.07) is 6.98. The molecule has 0 aliphatic carbocycles. The number of ether oxygens (including phenoxy) is 2. The molecule has 1 aliphatic heterocycles. The highest BCUT2D eigenvalue weighted by Crippen LogP contribution is 2.36. The monoisotopic (exact) mass is 328 g/mol. The van der Waals surface area contributed by atoms with E-state index in [1.165, 1.54) is 25.2 Å². The number of rotatable bonds is 3. The normalized spacial score (nSPS) is 16.2. The number of methoxy groups -OCH3 is 2. The van der Waals surface area contributed by atoms with Gasteiger partial charge in [0.05, 0.1) is 25.8 Å². The second-order valence-electron chi connectivity index (χ2n) is 5.23. The predicted octanol–water partition coefficient (Wildman–Crippen LogP) is 1.31. The number of esters is 2. The molecule has 1 atom stereocenters. The predicted molar refractivity (Wildman–Crippen MR) is 84.8 cm³/mol. The van der Waals surface area contributed by atoms with Gasteiger partial charge in [0.25, 0.3) is 0 Å². The van der Waals surface area contributed by atoms with Crippen molar-refractivity contribution in [3.63, 3.8) is 0 Å². The highest BCUT2D eigenvalue weighted by molar-refractivity contribution is 6.19. The van der Waals surface area contributed by atoms with E-state index < -0.39 is 18.0 Å². The first kappa shape index (κ1) is 15.7. The van der Waals surface area contributed by atoms with Crippen LogP contribution in [-0.2, 0) is 19.1 Å². The summed E-state index contributed by atoms with van der Waals surface area (Å²) in [5.41, 5.74) is 1.92. The Morgan fingerprint density at radius 1 is 1.21 bits per heavy atom. The average molecular weight is 328 g/mol. The van der Waals surface area contributed by atoms with Gasteiger partial charge in [-0.2, -0.15) is 14.8 Å². The molecule has 1 unspecified atom stereocenters. The van der Waals surface area contributed by atoms with E-state index in [9.17, 15) is 9.59 Å². The van der Waals surface area contributed by atoms with Gasteiger partial charge in [-0.3, -0.25) is 0 Å². The maximum Gasteiger partial charge on any atom is 0.357 e. The molecule has 0 radical (unpaired) electrons. The zero-order valence-electron chi connectivity index (χ0n) is 13.4. The van der Waals surface area contributed by atoms with Crippen molar-refractivity contribution in [1.29, 1.82) is 0 Å². The largest absolute Gasteiger partial charge is 0.466 e. The molecule has 0 amide bonds. The summed E-state index contributed by atoms with van der Waals surface area (Å²) in [6.45, 7) is 1.94. The molecule has 2 heterocycles. The highest BCUT2D eigenvalue weighted by Gasteiger charge is 2.38. The topological polar surface area (TPSA) is 95.3 Å². The van der Waals surface area contributed by atoms with E-state index in [1.54, 1.807) is 0 Å². The minimum Gasteiger partial charge on any atom is -0.466 e. The third-order valence-electron chi connectivity index (χ3n) is 3.74. The van der Waals surface area contributed by atoms with Gasteiger partial charge in [-0.15, -0.1) is 0 Å². The van der Waals surface area contributed by atoms with Gasteiger partial charge in [-0.05, 0) is 12.5 Å². The van der Waals surface area contributed by atoms with Crippen molar-refractivity contribution in [3.8, 4) is 0 Å². The Morgan fingerprint density at radius 2 is 1.96 bits per heavy atom. The molecule has 3 rings (SSSR count). The maximum absolute atomic E-state index is 12.4. The van der Waals surface area contributed by atoms with Crippen LogP contribution >= 0.6 is 0 Å². The Hall–Kier alpha value is -3.16. The summed E-state index contributed by atoms with van der Waals surface area (Å²) < 4.78 is 11.0. The fraction of sp³-hybridized carbons (Fsp3) is 0.250. The zero-order valence-corrected chi connectivity index (χ0v) is 13.4. The number of fused-ring (bicyclic) bond motifs is 1. The Morgan fingerprint density at radius 3 is 2.62 bits per heavy atom. The van der Waals surface area contributed by atoms with E-state index in [1.807, 2.05) is 31.2 Å². The summed E-state index contributed by atoms with van der Waals surface area (Å²) in [5.74, 6) is -0.994. The first-order valence-corrected chi connectivity index (χ1v) is 7.21. The quantitative estimate of drug-likeness (QED) is 0.849. The van der Waals surface area contributed by atoms with Crippen LogP contribution in [0.5, 0.6) is 0 Å². The lowest BCUT2D eigenvalue weighted by molar-refractivity contribution is -0.138. The number of carbonyl (C=O) groups excluding carboxylic acids is 2. The van der Waals surface area contributed by atoms with Crippen molar-refractivity contribution >= 4 is 23.6 Å². The summed E-state index contributed by atoms with van der Waals surface area (Å²) in [7, 11) is 2.50. The molecule has 1 N–H and O–H groups in total. The highest BCUT2D eigenvalue weighted by atomic mass is 16.5. The van der Waals surface area contributed by atoms with Crippen LogP contribution in [0.25, 0.3) is 5.70 Å². The van der Waals surface area contributed by atoms with E-state index in [4.69, 9.17) is 9.47 Å².